The van der Waals surface area contributed by atoms with E-state index in [1.165, 1.54) is 5.75 Å². The molecule has 4 nitrogen and oxygen atoms in total. The summed E-state index contributed by atoms with van der Waals surface area (Å²) in [6.07, 6.45) is 3.31. The van der Waals surface area contributed by atoms with E-state index < -0.39 is 0 Å². The molecule has 0 aliphatic heterocycles. The summed E-state index contributed by atoms with van der Waals surface area (Å²) >= 11 is 1.89. The van der Waals surface area contributed by atoms with Crippen LogP contribution < -0.4 is 10.2 Å². The highest BCUT2D eigenvalue weighted by Gasteiger charge is 2.14. The highest BCUT2D eigenvalue weighted by atomic mass is 32.2. The van der Waals surface area contributed by atoms with Crippen LogP contribution in [0, 0.1) is 0 Å². The van der Waals surface area contributed by atoms with Crippen molar-refractivity contribution in [1.29, 1.82) is 0 Å². The third kappa shape index (κ3) is 4.56. The van der Waals surface area contributed by atoms with Gasteiger partial charge in [0, 0.05) is 32.1 Å². The van der Waals surface area contributed by atoms with Crippen LogP contribution in [0.5, 0.6) is 0 Å². The van der Waals surface area contributed by atoms with Gasteiger partial charge in [0.05, 0.1) is 0 Å². The van der Waals surface area contributed by atoms with Crippen molar-refractivity contribution in [1.82, 2.24) is 9.97 Å². The van der Waals surface area contributed by atoms with Crippen LogP contribution in [-0.2, 0) is 0 Å². The van der Waals surface area contributed by atoms with Crippen molar-refractivity contribution in [2.45, 2.75) is 39.2 Å². The molecular formula is C14H26N4S. The Balaban J connectivity index is 2.94. The molecule has 1 rings (SSSR count). The van der Waals surface area contributed by atoms with Crippen LogP contribution >= 0.6 is 11.8 Å². The van der Waals surface area contributed by atoms with Gasteiger partial charge in [-0.15, -0.1) is 0 Å². The van der Waals surface area contributed by atoms with E-state index in [2.05, 4.69) is 54.3 Å². The van der Waals surface area contributed by atoms with Crippen LogP contribution in [0.2, 0.25) is 0 Å². The molecule has 0 bridgehead atoms. The fourth-order valence-electron chi connectivity index (χ4n) is 1.73. The third-order valence-electron chi connectivity index (χ3n) is 3.26. The highest BCUT2D eigenvalue weighted by molar-refractivity contribution is 7.98. The summed E-state index contributed by atoms with van der Waals surface area (Å²) in [5.41, 5.74) is 0. The first-order valence-corrected chi connectivity index (χ1v) is 8.17. The maximum Gasteiger partial charge on any atom is 0.135 e. The number of nitrogens with one attached hydrogen (secondary N) is 1. The van der Waals surface area contributed by atoms with Gasteiger partial charge in [-0.1, -0.05) is 13.8 Å². The molecule has 1 aromatic rings. The highest BCUT2D eigenvalue weighted by Crippen LogP contribution is 2.21. The van der Waals surface area contributed by atoms with Crippen molar-refractivity contribution < 1.29 is 0 Å². The molecule has 1 N–H and O–H groups in total. The average Bonchev–Trinajstić information content (AvgIpc) is 2.43. The predicted octanol–water partition coefficient (Wildman–Crippen LogP) is 3.22. The van der Waals surface area contributed by atoms with Crippen LogP contribution in [0.4, 0.5) is 11.6 Å². The maximum absolute atomic E-state index is 4.68. The molecule has 0 aliphatic carbocycles. The quantitative estimate of drug-likeness (QED) is 0.831. The number of hydrogen-bond acceptors (Lipinski definition) is 5. The summed E-state index contributed by atoms with van der Waals surface area (Å²) in [4.78, 5) is 11.4. The summed E-state index contributed by atoms with van der Waals surface area (Å²) in [6.45, 7) is 6.48. The number of hydrogen-bond donors (Lipinski definition) is 1. The second-order valence-corrected chi connectivity index (χ2v) is 6.10. The average molecular weight is 282 g/mol. The monoisotopic (exact) mass is 282 g/mol. The molecule has 0 radical (unpaired) electrons. The van der Waals surface area contributed by atoms with E-state index in [0.717, 1.165) is 23.9 Å². The van der Waals surface area contributed by atoms with Crippen LogP contribution in [0.15, 0.2) is 6.07 Å². The molecule has 0 amide bonds. The minimum absolute atomic E-state index is 0.335. The Hall–Kier alpha value is -0.970. The van der Waals surface area contributed by atoms with Crippen LogP contribution in [-0.4, -0.2) is 42.1 Å². The van der Waals surface area contributed by atoms with Gasteiger partial charge in [0.1, 0.15) is 17.5 Å². The fraction of sp³-hybridized carbons (Fsp3) is 0.714. The second kappa shape index (κ2) is 7.58. The van der Waals surface area contributed by atoms with Gasteiger partial charge < -0.3 is 10.2 Å². The van der Waals surface area contributed by atoms with Crippen LogP contribution in [0.1, 0.15) is 38.9 Å². The van der Waals surface area contributed by atoms with Gasteiger partial charge in [0.25, 0.3) is 0 Å². The Labute approximate surface area is 121 Å². The summed E-state index contributed by atoms with van der Waals surface area (Å²) in [5, 5.41) is 3.12. The number of anilines is 2. The molecule has 0 saturated carbocycles. The van der Waals surface area contributed by atoms with E-state index in [0.29, 0.717) is 12.0 Å². The van der Waals surface area contributed by atoms with E-state index in [1.807, 2.05) is 24.9 Å². The van der Waals surface area contributed by atoms with Gasteiger partial charge in [0.15, 0.2) is 0 Å². The van der Waals surface area contributed by atoms with Crippen LogP contribution in [0.3, 0.4) is 0 Å². The molecule has 1 aromatic heterocycles. The lowest BCUT2D eigenvalue weighted by molar-refractivity contribution is 0.655. The first-order valence-electron chi connectivity index (χ1n) is 6.78. The van der Waals surface area contributed by atoms with Crippen molar-refractivity contribution in [3.8, 4) is 0 Å². The van der Waals surface area contributed by atoms with Gasteiger partial charge in [0.2, 0.25) is 0 Å². The molecular weight excluding hydrogens is 256 g/mol. The summed E-state index contributed by atoms with van der Waals surface area (Å²) < 4.78 is 0. The largest absolute Gasteiger partial charge is 0.373 e. The predicted molar refractivity (Wildman–Crippen MR) is 86.5 cm³/mol. The Morgan fingerprint density at radius 1 is 1.32 bits per heavy atom. The Morgan fingerprint density at radius 2 is 2.00 bits per heavy atom. The van der Waals surface area contributed by atoms with Crippen molar-refractivity contribution in [3.63, 3.8) is 0 Å². The van der Waals surface area contributed by atoms with Gasteiger partial charge in [-0.2, -0.15) is 11.8 Å². The number of nitrogens with zero attached hydrogens (tertiary/aromatic N) is 3. The zero-order chi connectivity index (χ0) is 14.4. The zero-order valence-electron chi connectivity index (χ0n) is 12.9. The topological polar surface area (TPSA) is 41.0 Å². The molecule has 108 valence electrons. The Kier molecular flexibility index (Phi) is 6.42. The first kappa shape index (κ1) is 16.1. The first-order chi connectivity index (χ1) is 8.99. The number of thioether (sulfide) groups is 1. The SMILES string of the molecule is CNc1cc(N(C)C(C)CCSC)nc(C(C)C)n1. The van der Waals surface area contributed by atoms with E-state index in [9.17, 15) is 0 Å². The van der Waals surface area contributed by atoms with Crippen molar-refractivity contribution in [2.24, 2.45) is 0 Å². The third-order valence-corrected chi connectivity index (χ3v) is 3.91. The minimum Gasteiger partial charge on any atom is -0.373 e. The maximum atomic E-state index is 4.68. The smallest absolute Gasteiger partial charge is 0.135 e. The van der Waals surface area contributed by atoms with Crippen LogP contribution in [0.25, 0.3) is 0 Å². The lowest BCUT2D eigenvalue weighted by atomic mass is 10.2. The minimum atomic E-state index is 0.335. The standard InChI is InChI=1S/C14H26N4S/c1-10(2)14-16-12(15-4)9-13(17-14)18(5)11(3)7-8-19-6/h9-11H,7-8H2,1-6H3,(H,15,16,17). The van der Waals surface area contributed by atoms with Gasteiger partial charge in [-0.3, -0.25) is 0 Å². The molecule has 0 saturated heterocycles. The molecule has 19 heavy (non-hydrogen) atoms. The molecule has 0 fully saturated rings. The lowest BCUT2D eigenvalue weighted by Crippen LogP contribution is -2.30. The normalized spacial score (nSPS) is 12.6. The van der Waals surface area contributed by atoms with Crippen molar-refractivity contribution in [2.75, 3.05) is 36.3 Å². The second-order valence-electron chi connectivity index (χ2n) is 5.12. The van der Waals surface area contributed by atoms with Gasteiger partial charge >= 0.3 is 0 Å². The molecule has 1 heterocycles. The Morgan fingerprint density at radius 3 is 2.53 bits per heavy atom. The van der Waals surface area contributed by atoms with E-state index in [-0.39, 0.29) is 0 Å². The van der Waals surface area contributed by atoms with Crippen molar-refractivity contribution >= 4 is 23.4 Å². The molecule has 1 atom stereocenters. The summed E-state index contributed by atoms with van der Waals surface area (Å²) in [6, 6.07) is 2.49. The molecule has 5 heteroatoms. The molecule has 0 spiro atoms. The molecule has 0 aliphatic rings. The van der Waals surface area contributed by atoms with Gasteiger partial charge in [-0.25, -0.2) is 9.97 Å². The van der Waals surface area contributed by atoms with Gasteiger partial charge in [-0.05, 0) is 25.4 Å². The van der Waals surface area contributed by atoms with Crippen molar-refractivity contribution in [3.05, 3.63) is 11.9 Å². The number of aromatic nitrogens is 2. The summed E-state index contributed by atoms with van der Waals surface area (Å²) in [7, 11) is 4.00. The van der Waals surface area contributed by atoms with E-state index in [1.54, 1.807) is 0 Å². The van der Waals surface area contributed by atoms with E-state index in [4.69, 9.17) is 0 Å². The Bertz CT molecular complexity index is 395. The lowest BCUT2D eigenvalue weighted by Gasteiger charge is -2.26. The van der Waals surface area contributed by atoms with E-state index >= 15 is 0 Å². The fourth-order valence-corrected chi connectivity index (χ4v) is 2.30. The summed E-state index contributed by atoms with van der Waals surface area (Å²) in [5.74, 6) is 4.29. The molecule has 0 aromatic carbocycles. The zero-order valence-corrected chi connectivity index (χ0v) is 13.7. The number of rotatable bonds is 7. The molecule has 1 unspecified atom stereocenters.